The molecule has 3 rings (SSSR count). The minimum Gasteiger partial charge on any atom is -0.493 e. The highest BCUT2D eigenvalue weighted by Gasteiger charge is 2.25. The van der Waals surface area contributed by atoms with Crippen LogP contribution >= 0.6 is 0 Å². The molecule has 1 amide bonds. The number of amides is 1. The SMILES string of the molecule is CCn1c(C)cc(C(=O)NC2CCOc3ccc(F)cc32)c1C. The zero-order chi connectivity index (χ0) is 16.6. The average Bonchev–Trinajstić information content (AvgIpc) is 2.82. The van der Waals surface area contributed by atoms with E-state index in [2.05, 4.69) is 16.8 Å². The van der Waals surface area contributed by atoms with E-state index in [-0.39, 0.29) is 17.8 Å². The number of nitrogens with zero attached hydrogens (tertiary/aromatic N) is 1. The van der Waals surface area contributed by atoms with Crippen LogP contribution in [0.2, 0.25) is 0 Å². The summed E-state index contributed by atoms with van der Waals surface area (Å²) in [7, 11) is 0. The van der Waals surface area contributed by atoms with Gasteiger partial charge in [-0.05, 0) is 45.0 Å². The van der Waals surface area contributed by atoms with Crippen molar-refractivity contribution in [1.29, 1.82) is 0 Å². The first-order chi connectivity index (χ1) is 11.0. The van der Waals surface area contributed by atoms with Gasteiger partial charge in [0.25, 0.3) is 5.91 Å². The smallest absolute Gasteiger partial charge is 0.253 e. The third kappa shape index (κ3) is 2.83. The summed E-state index contributed by atoms with van der Waals surface area (Å²) >= 11 is 0. The Morgan fingerprint density at radius 2 is 2.17 bits per heavy atom. The van der Waals surface area contributed by atoms with E-state index in [1.54, 1.807) is 6.07 Å². The number of fused-ring (bicyclic) bond motifs is 1. The van der Waals surface area contributed by atoms with Crippen LogP contribution in [0.3, 0.4) is 0 Å². The molecule has 2 aromatic rings. The fourth-order valence-electron chi connectivity index (χ4n) is 3.27. The second-order valence-electron chi connectivity index (χ2n) is 5.87. The molecule has 0 saturated carbocycles. The Morgan fingerprint density at radius 3 is 2.87 bits per heavy atom. The first-order valence-electron chi connectivity index (χ1n) is 7.91. The normalized spacial score (nSPS) is 16.6. The van der Waals surface area contributed by atoms with Crippen molar-refractivity contribution in [2.24, 2.45) is 0 Å². The largest absolute Gasteiger partial charge is 0.493 e. The summed E-state index contributed by atoms with van der Waals surface area (Å²) in [6, 6.07) is 6.10. The van der Waals surface area contributed by atoms with E-state index in [0.717, 1.165) is 17.9 Å². The molecule has 122 valence electrons. The van der Waals surface area contributed by atoms with Crippen molar-refractivity contribution in [2.45, 2.75) is 39.8 Å². The Hall–Kier alpha value is -2.30. The maximum Gasteiger partial charge on any atom is 0.253 e. The zero-order valence-electron chi connectivity index (χ0n) is 13.6. The third-order valence-corrected chi connectivity index (χ3v) is 4.45. The number of benzene rings is 1. The van der Waals surface area contributed by atoms with Gasteiger partial charge in [-0.15, -0.1) is 0 Å². The van der Waals surface area contributed by atoms with E-state index in [4.69, 9.17) is 4.74 Å². The van der Waals surface area contributed by atoms with Gasteiger partial charge in [-0.1, -0.05) is 0 Å². The second-order valence-corrected chi connectivity index (χ2v) is 5.87. The van der Waals surface area contributed by atoms with Crippen molar-refractivity contribution < 1.29 is 13.9 Å². The lowest BCUT2D eigenvalue weighted by atomic mass is 10.00. The van der Waals surface area contributed by atoms with Crippen LogP contribution in [0.1, 0.15) is 46.7 Å². The highest BCUT2D eigenvalue weighted by molar-refractivity contribution is 5.96. The molecule has 0 radical (unpaired) electrons. The zero-order valence-corrected chi connectivity index (χ0v) is 13.6. The number of rotatable bonds is 3. The van der Waals surface area contributed by atoms with Gasteiger partial charge in [0.05, 0.1) is 18.2 Å². The number of hydrogen-bond donors (Lipinski definition) is 1. The van der Waals surface area contributed by atoms with Crippen LogP contribution in [0.5, 0.6) is 5.75 Å². The Labute approximate surface area is 135 Å². The fraction of sp³-hybridized carbons (Fsp3) is 0.389. The molecule has 0 aliphatic carbocycles. The molecule has 1 aromatic heterocycles. The van der Waals surface area contributed by atoms with Crippen LogP contribution in [0.4, 0.5) is 4.39 Å². The Kier molecular flexibility index (Phi) is 4.11. The summed E-state index contributed by atoms with van der Waals surface area (Å²) in [5, 5.41) is 3.03. The topological polar surface area (TPSA) is 43.3 Å². The summed E-state index contributed by atoms with van der Waals surface area (Å²) in [5.74, 6) is 0.194. The van der Waals surface area contributed by atoms with Gasteiger partial charge < -0.3 is 14.6 Å². The maximum atomic E-state index is 13.5. The van der Waals surface area contributed by atoms with Gasteiger partial charge >= 0.3 is 0 Å². The Bertz CT molecular complexity index is 752. The first kappa shape index (κ1) is 15.6. The van der Waals surface area contributed by atoms with Crippen LogP contribution in [-0.2, 0) is 6.54 Å². The standard InChI is InChI=1S/C18H21FN2O2/c1-4-21-11(2)9-14(12(21)3)18(22)20-16-7-8-23-17-6-5-13(19)10-15(16)17/h5-6,9-10,16H,4,7-8H2,1-3H3,(H,20,22). The number of ether oxygens (including phenoxy) is 1. The number of aromatic nitrogens is 1. The molecule has 1 aliphatic rings. The summed E-state index contributed by atoms with van der Waals surface area (Å²) in [6.45, 7) is 7.34. The van der Waals surface area contributed by atoms with Gasteiger partial charge in [0.1, 0.15) is 11.6 Å². The summed E-state index contributed by atoms with van der Waals surface area (Å²) in [6.07, 6.45) is 0.634. The second kappa shape index (κ2) is 6.07. The molecule has 0 bridgehead atoms. The summed E-state index contributed by atoms with van der Waals surface area (Å²) in [4.78, 5) is 12.7. The van der Waals surface area contributed by atoms with Crippen LogP contribution in [-0.4, -0.2) is 17.1 Å². The van der Waals surface area contributed by atoms with Gasteiger partial charge in [-0.3, -0.25) is 4.79 Å². The van der Waals surface area contributed by atoms with E-state index >= 15 is 0 Å². The Morgan fingerprint density at radius 1 is 1.39 bits per heavy atom. The van der Waals surface area contributed by atoms with Crippen molar-refractivity contribution in [3.63, 3.8) is 0 Å². The monoisotopic (exact) mass is 316 g/mol. The molecule has 23 heavy (non-hydrogen) atoms. The number of carbonyl (C=O) groups is 1. The first-order valence-corrected chi connectivity index (χ1v) is 7.91. The molecule has 1 aromatic carbocycles. The van der Waals surface area contributed by atoms with E-state index < -0.39 is 0 Å². The van der Waals surface area contributed by atoms with Crippen LogP contribution < -0.4 is 10.1 Å². The highest BCUT2D eigenvalue weighted by atomic mass is 19.1. The molecule has 1 unspecified atom stereocenters. The van der Waals surface area contributed by atoms with Gasteiger partial charge in [0, 0.05) is 29.9 Å². The average molecular weight is 316 g/mol. The molecular weight excluding hydrogens is 295 g/mol. The molecule has 1 atom stereocenters. The van der Waals surface area contributed by atoms with E-state index in [1.165, 1.54) is 12.1 Å². The molecule has 0 spiro atoms. The van der Waals surface area contributed by atoms with Crippen LogP contribution in [0.25, 0.3) is 0 Å². The van der Waals surface area contributed by atoms with Crippen LogP contribution in [0, 0.1) is 19.7 Å². The molecular formula is C18H21FN2O2. The summed E-state index contributed by atoms with van der Waals surface area (Å²) < 4.78 is 21.2. The molecule has 0 saturated heterocycles. The van der Waals surface area contributed by atoms with Crippen molar-refractivity contribution in [2.75, 3.05) is 6.61 Å². The molecule has 5 heteroatoms. The third-order valence-electron chi connectivity index (χ3n) is 4.45. The predicted molar refractivity (Wildman–Crippen MR) is 86.3 cm³/mol. The van der Waals surface area contributed by atoms with Gasteiger partial charge in [0.2, 0.25) is 0 Å². The lowest BCUT2D eigenvalue weighted by Gasteiger charge is -2.26. The van der Waals surface area contributed by atoms with Crippen molar-refractivity contribution >= 4 is 5.91 Å². The minimum absolute atomic E-state index is 0.125. The summed E-state index contributed by atoms with van der Waals surface area (Å²) in [5.41, 5.74) is 3.39. The van der Waals surface area contributed by atoms with Crippen molar-refractivity contribution in [3.8, 4) is 5.75 Å². The van der Waals surface area contributed by atoms with Crippen LogP contribution in [0.15, 0.2) is 24.3 Å². The van der Waals surface area contributed by atoms with Gasteiger partial charge in [-0.2, -0.15) is 0 Å². The molecule has 4 nitrogen and oxygen atoms in total. The highest BCUT2D eigenvalue weighted by Crippen LogP contribution is 2.32. The van der Waals surface area contributed by atoms with E-state index in [1.807, 2.05) is 19.9 Å². The maximum absolute atomic E-state index is 13.5. The Balaban J connectivity index is 1.86. The molecule has 1 N–H and O–H groups in total. The lowest BCUT2D eigenvalue weighted by molar-refractivity contribution is 0.0924. The number of carbonyl (C=O) groups excluding carboxylic acids is 1. The number of nitrogens with one attached hydrogen (secondary N) is 1. The number of aryl methyl sites for hydroxylation is 1. The molecule has 2 heterocycles. The van der Waals surface area contributed by atoms with Gasteiger partial charge in [0.15, 0.2) is 0 Å². The van der Waals surface area contributed by atoms with Gasteiger partial charge in [-0.25, -0.2) is 4.39 Å². The van der Waals surface area contributed by atoms with E-state index in [9.17, 15) is 9.18 Å². The fourth-order valence-corrected chi connectivity index (χ4v) is 3.27. The predicted octanol–water partition coefficient (Wildman–Crippen LogP) is 3.52. The lowest BCUT2D eigenvalue weighted by Crippen LogP contribution is -2.32. The van der Waals surface area contributed by atoms with Crippen molar-refractivity contribution in [1.82, 2.24) is 9.88 Å². The minimum atomic E-state index is -0.322. The molecule has 0 fully saturated rings. The van der Waals surface area contributed by atoms with E-state index in [0.29, 0.717) is 29.9 Å². The van der Waals surface area contributed by atoms with Crippen molar-refractivity contribution in [3.05, 3.63) is 52.6 Å². The number of hydrogen-bond acceptors (Lipinski definition) is 2. The quantitative estimate of drug-likeness (QED) is 0.941. The molecule has 1 aliphatic heterocycles. The number of halogens is 1.